The second-order valence-electron chi connectivity index (χ2n) is 10.0. The summed E-state index contributed by atoms with van der Waals surface area (Å²) in [6, 6.07) is 5.38. The molecule has 202 valence electrons. The van der Waals surface area contributed by atoms with Crippen molar-refractivity contribution >= 4 is 28.8 Å². The standard InChI is InChI=1S/C27H38N4O5S/c1-18-14-31(16-25-28-9-12-37-25)19(2)17-36-23-6-5-21(29-26(32)20-7-10-35-11-8-20)13-22(23)27(33)30(3)15-24(18)34-4/h5-6,9,12-13,18-20,24H,7-8,10-11,14-17H2,1-4H3,(H,29,32)/t18-,19+,24-/m0/s1. The lowest BCUT2D eigenvalue weighted by Gasteiger charge is -2.35. The monoisotopic (exact) mass is 530 g/mol. The molecule has 2 aromatic rings. The molecule has 0 spiro atoms. The maximum Gasteiger partial charge on any atom is 0.257 e. The minimum Gasteiger partial charge on any atom is -0.491 e. The zero-order chi connectivity index (χ0) is 26.4. The van der Waals surface area contributed by atoms with E-state index in [2.05, 4.69) is 29.0 Å². The van der Waals surface area contributed by atoms with Crippen LogP contribution in [0.4, 0.5) is 5.69 Å². The van der Waals surface area contributed by atoms with Crippen molar-refractivity contribution in [2.45, 2.75) is 45.4 Å². The van der Waals surface area contributed by atoms with Crippen molar-refractivity contribution in [2.75, 3.05) is 52.4 Å². The molecule has 2 amide bonds. The van der Waals surface area contributed by atoms with Crippen LogP contribution in [-0.2, 0) is 20.8 Å². The van der Waals surface area contributed by atoms with Crippen molar-refractivity contribution in [1.29, 1.82) is 0 Å². The smallest absolute Gasteiger partial charge is 0.257 e. The highest BCUT2D eigenvalue weighted by molar-refractivity contribution is 7.09. The number of nitrogens with zero attached hydrogens (tertiary/aromatic N) is 3. The molecule has 1 fully saturated rings. The first kappa shape index (κ1) is 27.5. The second kappa shape index (κ2) is 12.8. The van der Waals surface area contributed by atoms with Crippen LogP contribution >= 0.6 is 11.3 Å². The van der Waals surface area contributed by atoms with Gasteiger partial charge in [0.15, 0.2) is 0 Å². The Kier molecular flexibility index (Phi) is 9.53. The number of benzene rings is 1. The number of methoxy groups -OCH3 is 1. The molecule has 37 heavy (non-hydrogen) atoms. The van der Waals surface area contributed by atoms with Crippen molar-refractivity contribution < 1.29 is 23.8 Å². The number of aromatic nitrogens is 1. The van der Waals surface area contributed by atoms with Crippen LogP contribution in [0.15, 0.2) is 29.8 Å². The van der Waals surface area contributed by atoms with Gasteiger partial charge in [-0.15, -0.1) is 11.3 Å². The van der Waals surface area contributed by atoms with Gasteiger partial charge in [0.05, 0.1) is 18.2 Å². The van der Waals surface area contributed by atoms with Gasteiger partial charge in [0.25, 0.3) is 5.91 Å². The molecule has 4 rings (SSSR count). The van der Waals surface area contributed by atoms with Crippen molar-refractivity contribution in [1.82, 2.24) is 14.8 Å². The van der Waals surface area contributed by atoms with Crippen LogP contribution in [-0.4, -0.2) is 85.8 Å². The molecule has 1 N–H and O–H groups in total. The molecule has 3 atom stereocenters. The topological polar surface area (TPSA) is 93.2 Å². The van der Waals surface area contributed by atoms with Crippen molar-refractivity contribution in [3.63, 3.8) is 0 Å². The molecule has 1 aromatic carbocycles. The largest absolute Gasteiger partial charge is 0.491 e. The first-order chi connectivity index (χ1) is 17.9. The van der Waals surface area contributed by atoms with Gasteiger partial charge in [0, 0.05) is 69.7 Å². The number of thiazole rings is 1. The molecule has 0 saturated carbocycles. The van der Waals surface area contributed by atoms with Crippen LogP contribution < -0.4 is 10.1 Å². The van der Waals surface area contributed by atoms with E-state index in [1.165, 1.54) is 0 Å². The molecule has 9 nitrogen and oxygen atoms in total. The van der Waals surface area contributed by atoms with Gasteiger partial charge in [-0.25, -0.2) is 4.98 Å². The minimum atomic E-state index is -0.167. The summed E-state index contributed by atoms with van der Waals surface area (Å²) < 4.78 is 17.5. The van der Waals surface area contributed by atoms with Gasteiger partial charge in [0.2, 0.25) is 5.91 Å². The molecule has 1 saturated heterocycles. The average Bonchev–Trinajstić information content (AvgIpc) is 3.42. The van der Waals surface area contributed by atoms with E-state index in [0.29, 0.717) is 56.2 Å². The summed E-state index contributed by atoms with van der Waals surface area (Å²) in [5.41, 5.74) is 1.01. The van der Waals surface area contributed by atoms with Crippen LogP contribution in [0.25, 0.3) is 0 Å². The Morgan fingerprint density at radius 2 is 2.03 bits per heavy atom. The normalized spacial score (nSPS) is 24.5. The van der Waals surface area contributed by atoms with Gasteiger partial charge in [-0.2, -0.15) is 0 Å². The first-order valence-electron chi connectivity index (χ1n) is 12.9. The lowest BCUT2D eigenvalue weighted by Crippen LogP contribution is -2.46. The lowest BCUT2D eigenvalue weighted by molar-refractivity contribution is -0.122. The zero-order valence-electron chi connectivity index (χ0n) is 22.1. The summed E-state index contributed by atoms with van der Waals surface area (Å²) in [6.45, 7) is 7.83. The lowest BCUT2D eigenvalue weighted by atomic mass is 9.99. The molecule has 2 aliphatic heterocycles. The van der Waals surface area contributed by atoms with Crippen LogP contribution in [0.2, 0.25) is 0 Å². The number of amides is 2. The van der Waals surface area contributed by atoms with E-state index in [1.807, 2.05) is 11.6 Å². The number of ether oxygens (including phenoxy) is 3. The number of rotatable bonds is 5. The minimum absolute atomic E-state index is 0.0437. The van der Waals surface area contributed by atoms with Crippen molar-refractivity contribution in [2.24, 2.45) is 11.8 Å². The third-order valence-electron chi connectivity index (χ3n) is 7.26. The highest BCUT2D eigenvalue weighted by atomic mass is 32.1. The van der Waals surface area contributed by atoms with Crippen LogP contribution in [0.5, 0.6) is 5.75 Å². The Morgan fingerprint density at radius 3 is 2.73 bits per heavy atom. The number of likely N-dealkylation sites (N-methyl/N-ethyl adjacent to an activating group) is 1. The van der Waals surface area contributed by atoms with Gasteiger partial charge in [-0.05, 0) is 43.9 Å². The molecule has 3 heterocycles. The number of hydrogen-bond acceptors (Lipinski definition) is 8. The summed E-state index contributed by atoms with van der Waals surface area (Å²) in [7, 11) is 3.47. The SMILES string of the molecule is CO[C@H]1CN(C)C(=O)c2cc(NC(=O)C3CCOCC3)ccc2OC[C@@H](C)N(Cc2nccs2)C[C@@H]1C. The van der Waals surface area contributed by atoms with Gasteiger partial charge in [-0.3, -0.25) is 14.5 Å². The summed E-state index contributed by atoms with van der Waals surface area (Å²) in [5.74, 6) is 0.381. The van der Waals surface area contributed by atoms with Gasteiger partial charge >= 0.3 is 0 Å². The number of fused-ring (bicyclic) bond motifs is 1. The van der Waals surface area contributed by atoms with Crippen LogP contribution in [0, 0.1) is 11.8 Å². The summed E-state index contributed by atoms with van der Waals surface area (Å²) in [4.78, 5) is 34.9. The Morgan fingerprint density at radius 1 is 1.24 bits per heavy atom. The number of nitrogens with one attached hydrogen (secondary N) is 1. The molecule has 0 unspecified atom stereocenters. The summed E-state index contributed by atoms with van der Waals surface area (Å²) >= 11 is 1.64. The summed E-state index contributed by atoms with van der Waals surface area (Å²) in [5, 5.41) is 6.03. The number of carbonyl (C=O) groups excluding carboxylic acids is 2. The highest BCUT2D eigenvalue weighted by Crippen LogP contribution is 2.28. The van der Waals surface area contributed by atoms with Gasteiger partial charge < -0.3 is 24.4 Å². The number of carbonyl (C=O) groups is 2. The first-order valence-corrected chi connectivity index (χ1v) is 13.8. The Hall–Kier alpha value is -2.53. The fraction of sp³-hybridized carbons (Fsp3) is 0.593. The quantitative estimate of drug-likeness (QED) is 0.632. The molecular formula is C27H38N4O5S. The van der Waals surface area contributed by atoms with E-state index < -0.39 is 0 Å². The number of hydrogen-bond donors (Lipinski definition) is 1. The third-order valence-corrected chi connectivity index (χ3v) is 8.02. The van der Waals surface area contributed by atoms with Crippen molar-refractivity contribution in [3.05, 3.63) is 40.3 Å². The summed E-state index contributed by atoms with van der Waals surface area (Å²) in [6.07, 6.45) is 3.09. The molecule has 0 bridgehead atoms. The zero-order valence-corrected chi connectivity index (χ0v) is 23.0. The van der Waals surface area contributed by atoms with E-state index in [9.17, 15) is 9.59 Å². The molecular weight excluding hydrogens is 492 g/mol. The third kappa shape index (κ3) is 7.07. The predicted molar refractivity (Wildman–Crippen MR) is 143 cm³/mol. The Balaban J connectivity index is 1.59. The van der Waals surface area contributed by atoms with E-state index in [1.54, 1.807) is 48.6 Å². The average molecular weight is 531 g/mol. The highest BCUT2D eigenvalue weighted by Gasteiger charge is 2.29. The predicted octanol–water partition coefficient (Wildman–Crippen LogP) is 3.51. The van der Waals surface area contributed by atoms with E-state index >= 15 is 0 Å². The molecule has 10 heteroatoms. The maximum absolute atomic E-state index is 13.6. The Bertz CT molecular complexity index is 1040. The van der Waals surface area contributed by atoms with Crippen molar-refractivity contribution in [3.8, 4) is 5.75 Å². The van der Waals surface area contributed by atoms with Crippen LogP contribution in [0.1, 0.15) is 42.1 Å². The van der Waals surface area contributed by atoms with E-state index in [-0.39, 0.29) is 35.8 Å². The fourth-order valence-corrected chi connectivity index (χ4v) is 5.50. The van der Waals surface area contributed by atoms with Gasteiger partial charge in [-0.1, -0.05) is 6.92 Å². The van der Waals surface area contributed by atoms with E-state index in [4.69, 9.17) is 14.2 Å². The van der Waals surface area contributed by atoms with Crippen LogP contribution in [0.3, 0.4) is 0 Å². The fourth-order valence-electron chi connectivity index (χ4n) is 4.86. The van der Waals surface area contributed by atoms with Gasteiger partial charge in [0.1, 0.15) is 17.4 Å². The Labute approximate surface area is 223 Å². The maximum atomic E-state index is 13.6. The van der Waals surface area contributed by atoms with E-state index in [0.717, 1.165) is 18.1 Å². The molecule has 0 radical (unpaired) electrons. The molecule has 0 aliphatic carbocycles. The molecule has 2 aliphatic rings. The second-order valence-corrected chi connectivity index (χ2v) is 11.0. The molecule has 1 aromatic heterocycles. The number of anilines is 1.